The average Bonchev–Trinajstić information content (AvgIpc) is 2.66. The number of ether oxygens (including phenoxy) is 1. The van der Waals surface area contributed by atoms with E-state index in [-0.39, 0.29) is 30.1 Å². The van der Waals surface area contributed by atoms with Gasteiger partial charge in [0.25, 0.3) is 0 Å². The molecule has 2 rings (SSSR count). The van der Waals surface area contributed by atoms with E-state index in [1.807, 2.05) is 4.90 Å². The standard InChI is InChI=1S/C19H34N4O4/c1-3-27-19(26)22-12-9-17(10-13-22)23(15(2)24)14-11-20-18(25)21-16-7-5-4-6-8-16/h16-17H,3-14H2,1-2H3,(H2,20,21,25). The van der Waals surface area contributed by atoms with Gasteiger partial charge in [0.2, 0.25) is 5.91 Å². The number of likely N-dealkylation sites (tertiary alicyclic amines) is 1. The highest BCUT2D eigenvalue weighted by Gasteiger charge is 2.28. The molecule has 0 bridgehead atoms. The van der Waals surface area contributed by atoms with E-state index < -0.39 is 0 Å². The second kappa shape index (κ2) is 11.0. The lowest BCUT2D eigenvalue weighted by molar-refractivity contribution is -0.131. The van der Waals surface area contributed by atoms with E-state index in [9.17, 15) is 14.4 Å². The van der Waals surface area contributed by atoms with Gasteiger partial charge in [-0.1, -0.05) is 19.3 Å². The minimum absolute atomic E-state index is 0.000858. The van der Waals surface area contributed by atoms with Gasteiger partial charge in [0.1, 0.15) is 0 Å². The van der Waals surface area contributed by atoms with Crippen molar-refractivity contribution in [3.8, 4) is 0 Å². The van der Waals surface area contributed by atoms with Crippen LogP contribution in [0.5, 0.6) is 0 Å². The quantitative estimate of drug-likeness (QED) is 0.736. The molecule has 0 unspecified atom stereocenters. The molecule has 0 aromatic carbocycles. The zero-order valence-corrected chi connectivity index (χ0v) is 16.7. The Bertz CT molecular complexity index is 500. The SMILES string of the molecule is CCOC(=O)N1CCC(N(CCNC(=O)NC2CCCCC2)C(C)=O)CC1. The number of hydrogen-bond acceptors (Lipinski definition) is 4. The van der Waals surface area contributed by atoms with Gasteiger partial charge >= 0.3 is 12.1 Å². The van der Waals surface area contributed by atoms with Crippen LogP contribution >= 0.6 is 0 Å². The van der Waals surface area contributed by atoms with E-state index in [4.69, 9.17) is 4.74 Å². The number of nitrogens with zero attached hydrogens (tertiary/aromatic N) is 2. The van der Waals surface area contributed by atoms with Gasteiger partial charge in [-0.3, -0.25) is 4.79 Å². The smallest absolute Gasteiger partial charge is 0.409 e. The predicted octanol–water partition coefficient (Wildman–Crippen LogP) is 2.09. The number of hydrogen-bond donors (Lipinski definition) is 2. The fourth-order valence-corrected chi connectivity index (χ4v) is 3.95. The van der Waals surface area contributed by atoms with Crippen LogP contribution in [0.25, 0.3) is 0 Å². The fraction of sp³-hybridized carbons (Fsp3) is 0.842. The third-order valence-electron chi connectivity index (χ3n) is 5.41. The molecule has 2 aliphatic rings. The average molecular weight is 383 g/mol. The Morgan fingerprint density at radius 1 is 1.07 bits per heavy atom. The van der Waals surface area contributed by atoms with Crippen LogP contribution in [-0.2, 0) is 9.53 Å². The molecule has 1 heterocycles. The highest BCUT2D eigenvalue weighted by Crippen LogP contribution is 2.18. The molecular formula is C19H34N4O4. The van der Waals surface area contributed by atoms with Gasteiger partial charge in [-0.2, -0.15) is 0 Å². The van der Waals surface area contributed by atoms with Gasteiger partial charge in [-0.05, 0) is 32.6 Å². The maximum atomic E-state index is 12.0. The first-order valence-electron chi connectivity index (χ1n) is 10.2. The number of rotatable bonds is 6. The molecular weight excluding hydrogens is 348 g/mol. The molecule has 27 heavy (non-hydrogen) atoms. The number of carbonyl (C=O) groups is 3. The normalized spacial score (nSPS) is 18.7. The molecule has 154 valence electrons. The van der Waals surface area contributed by atoms with Crippen molar-refractivity contribution in [2.24, 2.45) is 0 Å². The Labute approximate surface area is 162 Å². The van der Waals surface area contributed by atoms with Crippen molar-refractivity contribution in [3.63, 3.8) is 0 Å². The van der Waals surface area contributed by atoms with Crippen LogP contribution < -0.4 is 10.6 Å². The van der Waals surface area contributed by atoms with E-state index in [1.165, 1.54) is 19.3 Å². The van der Waals surface area contributed by atoms with Gasteiger partial charge in [0, 0.05) is 45.2 Å². The first kappa shape index (κ1) is 21.3. The van der Waals surface area contributed by atoms with Crippen LogP contribution in [0.2, 0.25) is 0 Å². The summed E-state index contributed by atoms with van der Waals surface area (Å²) in [6.07, 6.45) is 6.87. The molecule has 0 spiro atoms. The molecule has 2 fully saturated rings. The van der Waals surface area contributed by atoms with Crippen molar-refractivity contribution in [3.05, 3.63) is 0 Å². The first-order chi connectivity index (χ1) is 13.0. The lowest BCUT2D eigenvalue weighted by Crippen LogP contribution is -2.51. The number of carbonyl (C=O) groups excluding carboxylic acids is 3. The van der Waals surface area contributed by atoms with Crippen molar-refractivity contribution < 1.29 is 19.1 Å². The first-order valence-corrected chi connectivity index (χ1v) is 10.2. The van der Waals surface area contributed by atoms with E-state index >= 15 is 0 Å². The van der Waals surface area contributed by atoms with Gasteiger partial charge in [-0.25, -0.2) is 9.59 Å². The maximum absolute atomic E-state index is 12.0. The summed E-state index contributed by atoms with van der Waals surface area (Å²) in [5, 5.41) is 5.89. The Hall–Kier alpha value is -1.99. The van der Waals surface area contributed by atoms with Crippen molar-refractivity contribution in [1.82, 2.24) is 20.4 Å². The fourth-order valence-electron chi connectivity index (χ4n) is 3.95. The van der Waals surface area contributed by atoms with Crippen molar-refractivity contribution in [2.45, 2.75) is 70.9 Å². The molecule has 8 heteroatoms. The molecule has 1 aliphatic heterocycles. The maximum Gasteiger partial charge on any atom is 0.409 e. The Morgan fingerprint density at radius 3 is 2.33 bits per heavy atom. The Morgan fingerprint density at radius 2 is 1.74 bits per heavy atom. The Balaban J connectivity index is 1.71. The summed E-state index contributed by atoms with van der Waals surface area (Å²) in [4.78, 5) is 39.4. The third-order valence-corrected chi connectivity index (χ3v) is 5.41. The molecule has 0 aromatic heterocycles. The van der Waals surface area contributed by atoms with Gasteiger partial charge in [0.15, 0.2) is 0 Å². The van der Waals surface area contributed by atoms with E-state index in [1.54, 1.807) is 18.7 Å². The Kier molecular flexibility index (Phi) is 8.67. The topological polar surface area (TPSA) is 91.0 Å². The molecule has 1 saturated carbocycles. The summed E-state index contributed by atoms with van der Waals surface area (Å²) < 4.78 is 5.03. The van der Waals surface area contributed by atoms with Crippen LogP contribution in [0.1, 0.15) is 58.8 Å². The minimum atomic E-state index is -0.286. The zero-order valence-electron chi connectivity index (χ0n) is 16.7. The summed E-state index contributed by atoms with van der Waals surface area (Å²) in [7, 11) is 0. The molecule has 0 atom stereocenters. The number of amides is 4. The van der Waals surface area contributed by atoms with Crippen LogP contribution in [-0.4, -0.2) is 72.7 Å². The van der Waals surface area contributed by atoms with E-state index in [0.717, 1.165) is 25.7 Å². The molecule has 1 aliphatic carbocycles. The van der Waals surface area contributed by atoms with Crippen LogP contribution in [0.15, 0.2) is 0 Å². The summed E-state index contributed by atoms with van der Waals surface area (Å²) in [5.74, 6) is -0.000858. The summed E-state index contributed by atoms with van der Waals surface area (Å²) in [5.41, 5.74) is 0. The predicted molar refractivity (Wildman–Crippen MR) is 102 cm³/mol. The second-order valence-electron chi connectivity index (χ2n) is 7.36. The van der Waals surface area contributed by atoms with Crippen molar-refractivity contribution in [1.29, 1.82) is 0 Å². The lowest BCUT2D eigenvalue weighted by atomic mass is 9.96. The highest BCUT2D eigenvalue weighted by molar-refractivity contribution is 5.75. The van der Waals surface area contributed by atoms with Gasteiger partial charge in [-0.15, -0.1) is 0 Å². The lowest BCUT2D eigenvalue weighted by Gasteiger charge is -2.37. The molecule has 1 saturated heterocycles. The van der Waals surface area contributed by atoms with Gasteiger partial charge < -0.3 is 25.2 Å². The molecule has 0 aromatic rings. The number of piperidine rings is 1. The van der Waals surface area contributed by atoms with Crippen LogP contribution in [0.4, 0.5) is 9.59 Å². The third kappa shape index (κ3) is 6.92. The number of urea groups is 1. The minimum Gasteiger partial charge on any atom is -0.450 e. The molecule has 8 nitrogen and oxygen atoms in total. The van der Waals surface area contributed by atoms with Crippen LogP contribution in [0, 0.1) is 0 Å². The monoisotopic (exact) mass is 382 g/mol. The summed E-state index contributed by atoms with van der Waals surface area (Å²) in [6, 6.07) is 0.216. The zero-order chi connectivity index (χ0) is 19.6. The van der Waals surface area contributed by atoms with E-state index in [2.05, 4.69) is 10.6 Å². The van der Waals surface area contributed by atoms with Crippen molar-refractivity contribution >= 4 is 18.0 Å². The summed E-state index contributed by atoms with van der Waals surface area (Å²) in [6.45, 7) is 5.80. The van der Waals surface area contributed by atoms with E-state index in [0.29, 0.717) is 32.8 Å². The second-order valence-corrected chi connectivity index (χ2v) is 7.36. The molecule has 2 N–H and O–H groups in total. The van der Waals surface area contributed by atoms with Gasteiger partial charge in [0.05, 0.1) is 6.61 Å². The van der Waals surface area contributed by atoms with Crippen LogP contribution in [0.3, 0.4) is 0 Å². The molecule has 0 radical (unpaired) electrons. The van der Waals surface area contributed by atoms with Crippen molar-refractivity contribution in [2.75, 3.05) is 32.8 Å². The summed E-state index contributed by atoms with van der Waals surface area (Å²) >= 11 is 0. The molecule has 4 amide bonds. The largest absolute Gasteiger partial charge is 0.450 e. The number of nitrogens with one attached hydrogen (secondary N) is 2. The highest BCUT2D eigenvalue weighted by atomic mass is 16.6.